The number of aryl methyl sites for hydroxylation is 1. The summed E-state index contributed by atoms with van der Waals surface area (Å²) in [5.41, 5.74) is 3.13. The van der Waals surface area contributed by atoms with Crippen LogP contribution in [0.15, 0.2) is 42.6 Å². The predicted molar refractivity (Wildman–Crippen MR) is 91.9 cm³/mol. The highest BCUT2D eigenvalue weighted by molar-refractivity contribution is 7.51. The van der Waals surface area contributed by atoms with Crippen molar-refractivity contribution in [3.05, 3.63) is 48.3 Å². The van der Waals surface area contributed by atoms with Gasteiger partial charge in [0.25, 0.3) is 5.91 Å². The van der Waals surface area contributed by atoms with E-state index >= 15 is 0 Å². The zero-order valence-corrected chi connectivity index (χ0v) is 14.1. The van der Waals surface area contributed by atoms with Crippen molar-refractivity contribution in [2.45, 2.75) is 12.7 Å². The number of allylic oxidation sites excluding steroid dienone is 1. The lowest BCUT2D eigenvalue weighted by atomic mass is 10.2. The molecule has 0 spiro atoms. The maximum Gasteiger partial charge on any atom is 0.253 e. The Morgan fingerprint density at radius 3 is 2.91 bits per heavy atom. The first kappa shape index (κ1) is 14.7. The number of hydrogen-bond donors (Lipinski definition) is 1. The highest BCUT2D eigenvalue weighted by Gasteiger charge is 2.29. The number of nitrogens with zero attached hydrogens (tertiary/aromatic N) is 4. The Hall–Kier alpha value is -1.91. The van der Waals surface area contributed by atoms with Gasteiger partial charge in [0.2, 0.25) is 0 Å². The number of amides is 1. The zero-order valence-electron chi connectivity index (χ0n) is 13.1. The van der Waals surface area contributed by atoms with Crippen LogP contribution in [0, 0.1) is 6.92 Å². The van der Waals surface area contributed by atoms with Crippen LogP contribution in [0.1, 0.15) is 5.69 Å². The molecule has 4 rings (SSSR count). The molecular formula is C16H20N5OP. The summed E-state index contributed by atoms with van der Waals surface area (Å²) in [6.45, 7) is 5.92. The molecule has 120 valence electrons. The van der Waals surface area contributed by atoms with Gasteiger partial charge in [-0.15, -0.1) is 0 Å². The van der Waals surface area contributed by atoms with Crippen LogP contribution >= 0.6 is 8.58 Å². The van der Waals surface area contributed by atoms with Crippen LogP contribution in [0.5, 0.6) is 0 Å². The SMILES string of the molecule is Cc1cn(C2=CC(=O)N3C=C(N4CCNCC4)C=CC3P2)cn1. The van der Waals surface area contributed by atoms with Gasteiger partial charge in [-0.2, -0.15) is 0 Å². The van der Waals surface area contributed by atoms with Crippen molar-refractivity contribution >= 4 is 19.9 Å². The molecule has 0 aromatic carbocycles. The Morgan fingerprint density at radius 2 is 2.17 bits per heavy atom. The molecule has 1 aromatic heterocycles. The van der Waals surface area contributed by atoms with E-state index in [4.69, 9.17) is 0 Å². The number of aromatic nitrogens is 2. The third kappa shape index (κ3) is 2.84. The summed E-state index contributed by atoms with van der Waals surface area (Å²) in [5, 5.41) is 3.35. The van der Waals surface area contributed by atoms with Crippen molar-refractivity contribution in [3.8, 4) is 0 Å². The molecule has 2 unspecified atom stereocenters. The third-order valence-electron chi connectivity index (χ3n) is 4.30. The van der Waals surface area contributed by atoms with Crippen molar-refractivity contribution < 1.29 is 4.79 Å². The second-order valence-corrected chi connectivity index (χ2v) is 7.33. The lowest BCUT2D eigenvalue weighted by Gasteiger charge is -2.37. The summed E-state index contributed by atoms with van der Waals surface area (Å²) in [5.74, 6) is 0.170. The van der Waals surface area contributed by atoms with Gasteiger partial charge in [-0.05, 0) is 21.6 Å². The minimum absolute atomic E-state index is 0.0482. The zero-order chi connectivity index (χ0) is 15.8. The second-order valence-electron chi connectivity index (χ2n) is 5.94. The average Bonchev–Trinajstić information content (AvgIpc) is 3.02. The van der Waals surface area contributed by atoms with Crippen molar-refractivity contribution in [1.82, 2.24) is 24.7 Å². The normalized spacial score (nSPS) is 25.4. The molecule has 0 saturated carbocycles. The van der Waals surface area contributed by atoms with Gasteiger partial charge < -0.3 is 19.7 Å². The predicted octanol–water partition coefficient (Wildman–Crippen LogP) is 1.15. The Labute approximate surface area is 137 Å². The number of rotatable bonds is 2. The molecule has 0 bridgehead atoms. The van der Waals surface area contributed by atoms with Gasteiger partial charge in [-0.3, -0.25) is 4.79 Å². The smallest absolute Gasteiger partial charge is 0.253 e. The standard InChI is InChI=1S/C16H20N5OP/c1-12-9-20(11-18-12)16-8-14(22)21-10-13(2-3-15(21)23-16)19-6-4-17-5-7-19/h2-3,8-11,15,17,23H,4-7H2,1H3. The van der Waals surface area contributed by atoms with Gasteiger partial charge in [0, 0.05) is 44.7 Å². The fraction of sp³-hybridized carbons (Fsp3) is 0.375. The molecule has 23 heavy (non-hydrogen) atoms. The van der Waals surface area contributed by atoms with Gasteiger partial charge in [-0.25, -0.2) is 4.98 Å². The number of carbonyl (C=O) groups excluding carboxylic acids is 1. The van der Waals surface area contributed by atoms with Crippen molar-refractivity contribution in [2.24, 2.45) is 0 Å². The number of imidazole rings is 1. The average molecular weight is 329 g/mol. The number of carbonyl (C=O) groups is 1. The second kappa shape index (κ2) is 5.95. The molecule has 4 heterocycles. The quantitative estimate of drug-likeness (QED) is 0.827. The van der Waals surface area contributed by atoms with E-state index in [1.807, 2.05) is 28.8 Å². The molecule has 0 radical (unpaired) electrons. The summed E-state index contributed by atoms with van der Waals surface area (Å²) >= 11 is 0. The third-order valence-corrected chi connectivity index (χ3v) is 5.77. The molecule has 0 aliphatic carbocycles. The molecular weight excluding hydrogens is 309 g/mol. The fourth-order valence-corrected chi connectivity index (χ4v) is 4.38. The molecule has 3 aliphatic heterocycles. The van der Waals surface area contributed by atoms with Crippen LogP contribution in [0.4, 0.5) is 0 Å². The van der Waals surface area contributed by atoms with E-state index in [0.29, 0.717) is 8.58 Å². The van der Waals surface area contributed by atoms with Crippen LogP contribution in [-0.2, 0) is 4.79 Å². The summed E-state index contributed by atoms with van der Waals surface area (Å²) in [7, 11) is 0.525. The van der Waals surface area contributed by atoms with Gasteiger partial charge in [0.1, 0.15) is 0 Å². The highest BCUT2D eigenvalue weighted by Crippen LogP contribution is 2.41. The van der Waals surface area contributed by atoms with Crippen molar-refractivity contribution in [2.75, 3.05) is 26.2 Å². The Morgan fingerprint density at radius 1 is 1.35 bits per heavy atom. The summed E-state index contributed by atoms with van der Waals surface area (Å²) < 4.78 is 1.96. The minimum Gasteiger partial charge on any atom is -0.368 e. The fourth-order valence-electron chi connectivity index (χ4n) is 3.06. The molecule has 3 aliphatic rings. The molecule has 1 fully saturated rings. The Balaban J connectivity index is 1.57. The van der Waals surface area contributed by atoms with Gasteiger partial charge in [0.15, 0.2) is 0 Å². The summed E-state index contributed by atoms with van der Waals surface area (Å²) in [4.78, 5) is 21.0. The topological polar surface area (TPSA) is 53.4 Å². The van der Waals surface area contributed by atoms with Crippen LogP contribution in [0.3, 0.4) is 0 Å². The van der Waals surface area contributed by atoms with E-state index in [1.54, 1.807) is 12.4 Å². The van der Waals surface area contributed by atoms with E-state index in [-0.39, 0.29) is 11.7 Å². The lowest BCUT2D eigenvalue weighted by Crippen LogP contribution is -2.44. The number of nitrogens with one attached hydrogen (secondary N) is 1. The monoisotopic (exact) mass is 329 g/mol. The van der Waals surface area contributed by atoms with Crippen LogP contribution in [0.25, 0.3) is 5.44 Å². The van der Waals surface area contributed by atoms with E-state index in [9.17, 15) is 4.79 Å². The van der Waals surface area contributed by atoms with E-state index in [2.05, 4.69) is 27.4 Å². The Kier molecular flexibility index (Phi) is 3.79. The molecule has 1 saturated heterocycles. The first-order valence-electron chi connectivity index (χ1n) is 7.88. The van der Waals surface area contributed by atoms with E-state index < -0.39 is 0 Å². The minimum atomic E-state index is 0.0482. The number of fused-ring (bicyclic) bond motifs is 1. The number of hydrogen-bond acceptors (Lipinski definition) is 4. The van der Waals surface area contributed by atoms with Gasteiger partial charge in [-0.1, -0.05) is 6.08 Å². The molecule has 7 heteroatoms. The van der Waals surface area contributed by atoms with Crippen LogP contribution in [0.2, 0.25) is 0 Å². The van der Waals surface area contributed by atoms with E-state index in [1.165, 1.54) is 0 Å². The van der Waals surface area contributed by atoms with Crippen molar-refractivity contribution in [3.63, 3.8) is 0 Å². The number of piperazine rings is 1. The van der Waals surface area contributed by atoms with Crippen LogP contribution in [-0.4, -0.2) is 57.2 Å². The molecule has 6 nitrogen and oxygen atoms in total. The van der Waals surface area contributed by atoms with E-state index in [0.717, 1.165) is 43.0 Å². The first-order valence-corrected chi connectivity index (χ1v) is 8.96. The van der Waals surface area contributed by atoms with Gasteiger partial charge >= 0.3 is 0 Å². The first-order chi connectivity index (χ1) is 11.2. The molecule has 1 N–H and O–H groups in total. The summed E-state index contributed by atoms with van der Waals surface area (Å²) in [6, 6.07) is 0. The Bertz CT molecular complexity index is 714. The molecule has 1 amide bonds. The lowest BCUT2D eigenvalue weighted by molar-refractivity contribution is -0.123. The maximum atomic E-state index is 12.6. The van der Waals surface area contributed by atoms with Gasteiger partial charge in [0.05, 0.1) is 28.9 Å². The van der Waals surface area contributed by atoms with Crippen molar-refractivity contribution in [1.29, 1.82) is 0 Å². The largest absolute Gasteiger partial charge is 0.368 e. The highest BCUT2D eigenvalue weighted by atomic mass is 31.1. The summed E-state index contributed by atoms with van der Waals surface area (Å²) in [6.07, 6.45) is 11.8. The molecule has 2 atom stereocenters. The van der Waals surface area contributed by atoms with Crippen LogP contribution < -0.4 is 5.32 Å². The molecule has 1 aromatic rings. The maximum absolute atomic E-state index is 12.6.